The number of hydrogen-bond acceptors (Lipinski definition) is 3. The predicted molar refractivity (Wildman–Crippen MR) is 58.6 cm³/mol. The summed E-state index contributed by atoms with van der Waals surface area (Å²) in [4.78, 5) is 30.4. The quantitative estimate of drug-likeness (QED) is 0.649. The summed E-state index contributed by atoms with van der Waals surface area (Å²) < 4.78 is 1.48. The molecule has 16 heavy (non-hydrogen) atoms. The highest BCUT2D eigenvalue weighted by atomic mass is 35.5. The number of rotatable bonds is 0. The van der Waals surface area contributed by atoms with Crippen molar-refractivity contribution in [1.29, 1.82) is 0 Å². The Morgan fingerprint density at radius 2 is 1.88 bits per heavy atom. The average molecular weight is 243 g/mol. The number of imidazole rings is 1. The summed E-state index contributed by atoms with van der Waals surface area (Å²) in [6.45, 7) is 0.0450. The van der Waals surface area contributed by atoms with E-state index in [1.165, 1.54) is 14.4 Å². The third-order valence-corrected chi connectivity index (χ3v) is 2.97. The topological polar surface area (TPSA) is 58.4 Å². The number of carbonyl (C=O) groups is 2. The summed E-state index contributed by atoms with van der Waals surface area (Å²) in [5.41, 5.74) is 0.334. The van der Waals surface area contributed by atoms with Gasteiger partial charge < -0.3 is 9.47 Å². The van der Waals surface area contributed by atoms with Gasteiger partial charge in [0.2, 0.25) is 11.2 Å². The fourth-order valence-electron chi connectivity index (χ4n) is 1.61. The summed E-state index contributed by atoms with van der Waals surface area (Å²) in [5.74, 6) is -0.134. The number of halogens is 1. The van der Waals surface area contributed by atoms with Gasteiger partial charge in [-0.15, -0.1) is 0 Å². The zero-order valence-electron chi connectivity index (χ0n) is 9.19. The van der Waals surface area contributed by atoms with Crippen LogP contribution in [0, 0.1) is 0 Å². The van der Waals surface area contributed by atoms with Crippen molar-refractivity contribution in [3.05, 3.63) is 11.0 Å². The van der Waals surface area contributed by atoms with Gasteiger partial charge in [-0.25, -0.2) is 0 Å². The molecule has 2 rings (SSSR count). The highest BCUT2D eigenvalue weighted by molar-refractivity contribution is 6.29. The van der Waals surface area contributed by atoms with E-state index in [0.717, 1.165) is 0 Å². The second kappa shape index (κ2) is 3.48. The van der Waals surface area contributed by atoms with Gasteiger partial charge in [0.1, 0.15) is 6.54 Å². The van der Waals surface area contributed by atoms with Crippen LogP contribution in [0.15, 0.2) is 0 Å². The normalized spacial score (nSPS) is 16.5. The maximum atomic E-state index is 12.0. The fourth-order valence-corrected chi connectivity index (χ4v) is 1.77. The van der Waals surface area contributed by atoms with Crippen molar-refractivity contribution in [2.24, 2.45) is 7.05 Å². The lowest BCUT2D eigenvalue weighted by Crippen LogP contribution is -2.35. The highest BCUT2D eigenvalue weighted by Crippen LogP contribution is 2.25. The van der Waals surface area contributed by atoms with Crippen LogP contribution in [0.5, 0.6) is 0 Å². The minimum atomic E-state index is -0.255. The molecule has 86 valence electrons. The monoisotopic (exact) mass is 242 g/mol. The summed E-state index contributed by atoms with van der Waals surface area (Å²) in [7, 11) is 4.80. The van der Waals surface area contributed by atoms with E-state index in [-0.39, 0.29) is 23.6 Å². The largest absolute Gasteiger partial charge is 0.331 e. The van der Waals surface area contributed by atoms with Gasteiger partial charge in [0.05, 0.1) is 0 Å². The molecular formula is C9H11ClN4O2. The Labute approximate surface area is 97.4 Å². The smallest absolute Gasteiger partial charge is 0.274 e. The van der Waals surface area contributed by atoms with Crippen LogP contribution < -0.4 is 4.90 Å². The van der Waals surface area contributed by atoms with Crippen LogP contribution in [0.25, 0.3) is 0 Å². The van der Waals surface area contributed by atoms with Crippen LogP contribution in [0.1, 0.15) is 10.5 Å². The SMILES string of the molecule is CN1CC(=O)N(C)c2nc(Cl)n(C)c2C1=O. The van der Waals surface area contributed by atoms with Crippen molar-refractivity contribution < 1.29 is 9.59 Å². The molecule has 0 unspecified atom stereocenters. The standard InChI is InChI=1S/C9H11ClN4O2/c1-12-4-5(15)13(2)7-6(8(12)16)14(3)9(10)11-7/h4H2,1-3H3. The molecule has 0 aliphatic carbocycles. The predicted octanol–water partition coefficient (Wildman–Crippen LogP) is 0.122. The summed E-state index contributed by atoms with van der Waals surface area (Å²) in [5, 5.41) is 0.188. The molecule has 0 fully saturated rings. The van der Waals surface area contributed by atoms with E-state index in [9.17, 15) is 9.59 Å². The molecule has 6 nitrogen and oxygen atoms in total. The van der Waals surface area contributed by atoms with E-state index in [1.54, 1.807) is 21.1 Å². The van der Waals surface area contributed by atoms with E-state index < -0.39 is 0 Å². The number of anilines is 1. The molecule has 0 atom stereocenters. The maximum absolute atomic E-state index is 12.0. The molecule has 0 radical (unpaired) electrons. The molecule has 0 N–H and O–H groups in total. The second-order valence-corrected chi connectivity index (χ2v) is 4.06. The van der Waals surface area contributed by atoms with Crippen molar-refractivity contribution in [2.45, 2.75) is 0 Å². The lowest BCUT2D eigenvalue weighted by atomic mass is 10.4. The average Bonchev–Trinajstić information content (AvgIpc) is 2.49. The number of nitrogens with zero attached hydrogens (tertiary/aromatic N) is 4. The number of amides is 2. The van der Waals surface area contributed by atoms with Gasteiger partial charge in [-0.1, -0.05) is 0 Å². The number of hydrogen-bond donors (Lipinski definition) is 0. The van der Waals surface area contributed by atoms with Gasteiger partial charge >= 0.3 is 0 Å². The Morgan fingerprint density at radius 3 is 2.50 bits per heavy atom. The van der Waals surface area contributed by atoms with E-state index in [1.807, 2.05) is 0 Å². The molecule has 1 aromatic rings. The Bertz CT molecular complexity index is 482. The number of likely N-dealkylation sites (N-methyl/N-ethyl adjacent to an activating group) is 2. The van der Waals surface area contributed by atoms with Crippen LogP contribution in [-0.2, 0) is 11.8 Å². The third kappa shape index (κ3) is 1.37. The Kier molecular flexibility index (Phi) is 2.38. The van der Waals surface area contributed by atoms with Gasteiger partial charge in [0.25, 0.3) is 5.91 Å². The van der Waals surface area contributed by atoms with Gasteiger partial charge in [-0.2, -0.15) is 4.98 Å². The van der Waals surface area contributed by atoms with E-state index in [2.05, 4.69) is 4.98 Å². The van der Waals surface area contributed by atoms with Crippen molar-refractivity contribution in [3.8, 4) is 0 Å². The minimum Gasteiger partial charge on any atom is -0.331 e. The van der Waals surface area contributed by atoms with E-state index in [0.29, 0.717) is 11.5 Å². The fraction of sp³-hybridized carbons (Fsp3) is 0.444. The first kappa shape index (κ1) is 10.9. The zero-order chi connectivity index (χ0) is 12.0. The molecule has 1 aliphatic heterocycles. The molecule has 0 bridgehead atoms. The molecule has 0 aromatic carbocycles. The van der Waals surface area contributed by atoms with Crippen molar-refractivity contribution in [3.63, 3.8) is 0 Å². The van der Waals surface area contributed by atoms with E-state index in [4.69, 9.17) is 11.6 Å². The zero-order valence-corrected chi connectivity index (χ0v) is 9.95. The molecule has 7 heteroatoms. The number of carbonyl (C=O) groups excluding carboxylic acids is 2. The molecule has 0 spiro atoms. The van der Waals surface area contributed by atoms with Gasteiger partial charge in [0, 0.05) is 21.1 Å². The molecule has 0 saturated carbocycles. The molecular weight excluding hydrogens is 232 g/mol. The van der Waals surface area contributed by atoms with Gasteiger partial charge in [0.15, 0.2) is 11.5 Å². The van der Waals surface area contributed by atoms with Gasteiger partial charge in [-0.05, 0) is 11.6 Å². The minimum absolute atomic E-state index is 0.0450. The first-order valence-corrected chi connectivity index (χ1v) is 5.05. The Hall–Kier alpha value is -1.56. The molecule has 1 aromatic heterocycles. The Balaban J connectivity index is 2.67. The summed E-state index contributed by atoms with van der Waals surface area (Å²) >= 11 is 5.84. The molecule has 2 amide bonds. The molecule has 0 saturated heterocycles. The summed E-state index contributed by atoms with van der Waals surface area (Å²) in [6.07, 6.45) is 0. The lowest BCUT2D eigenvalue weighted by molar-refractivity contribution is -0.118. The van der Waals surface area contributed by atoms with Crippen LogP contribution in [0.2, 0.25) is 5.28 Å². The number of aromatic nitrogens is 2. The number of fused-ring (bicyclic) bond motifs is 1. The first-order valence-electron chi connectivity index (χ1n) is 4.67. The first-order chi connectivity index (χ1) is 7.43. The summed E-state index contributed by atoms with van der Waals surface area (Å²) in [6, 6.07) is 0. The molecule has 2 heterocycles. The van der Waals surface area contributed by atoms with Crippen LogP contribution in [0.4, 0.5) is 5.82 Å². The molecule has 1 aliphatic rings. The van der Waals surface area contributed by atoms with Crippen LogP contribution in [0.3, 0.4) is 0 Å². The van der Waals surface area contributed by atoms with E-state index >= 15 is 0 Å². The van der Waals surface area contributed by atoms with Crippen molar-refractivity contribution in [2.75, 3.05) is 25.5 Å². The van der Waals surface area contributed by atoms with Crippen LogP contribution >= 0.6 is 11.6 Å². The maximum Gasteiger partial charge on any atom is 0.274 e. The third-order valence-electron chi connectivity index (χ3n) is 2.64. The van der Waals surface area contributed by atoms with Crippen molar-refractivity contribution >= 4 is 29.2 Å². The van der Waals surface area contributed by atoms with Crippen molar-refractivity contribution in [1.82, 2.24) is 14.5 Å². The van der Waals surface area contributed by atoms with Crippen LogP contribution in [-0.4, -0.2) is 46.9 Å². The highest BCUT2D eigenvalue weighted by Gasteiger charge is 2.32. The second-order valence-electron chi connectivity index (χ2n) is 3.73. The van der Waals surface area contributed by atoms with Gasteiger partial charge in [-0.3, -0.25) is 14.5 Å². The lowest BCUT2D eigenvalue weighted by Gasteiger charge is -2.14. The Morgan fingerprint density at radius 1 is 1.25 bits per heavy atom.